The molecule has 3 heteroatoms. The van der Waals surface area contributed by atoms with Crippen LogP contribution in [-0.2, 0) is 0 Å². The van der Waals surface area contributed by atoms with Gasteiger partial charge in [0, 0.05) is 5.39 Å². The molecule has 1 N–H and O–H groups in total. The molecule has 0 saturated heterocycles. The van der Waals surface area contributed by atoms with Crippen LogP contribution in [0.1, 0.15) is 17.3 Å². The van der Waals surface area contributed by atoms with Crippen molar-refractivity contribution in [1.82, 2.24) is 0 Å². The van der Waals surface area contributed by atoms with Gasteiger partial charge in [0.05, 0.1) is 5.56 Å². The Labute approximate surface area is 110 Å². The molecule has 0 saturated carbocycles. The summed E-state index contributed by atoms with van der Waals surface area (Å²) in [7, 11) is 0. The number of fused-ring (bicyclic) bond motifs is 1. The summed E-state index contributed by atoms with van der Waals surface area (Å²) in [5, 5.41) is 11.5. The standard InChI is InChI=1S/C12H10O2.Na.H/c1-8(13)10-7-6-9-4-2-3-5-11(9)12(10)14;;/h2-7,14H,1H3;;. The molecule has 0 unspecified atom stereocenters. The number of hydrogen-bond donors (Lipinski definition) is 1. The van der Waals surface area contributed by atoms with Crippen LogP contribution in [0.25, 0.3) is 10.8 Å². The van der Waals surface area contributed by atoms with Crippen molar-refractivity contribution in [2.24, 2.45) is 0 Å². The summed E-state index contributed by atoms with van der Waals surface area (Å²) in [4.78, 5) is 11.1. The van der Waals surface area contributed by atoms with Crippen LogP contribution >= 0.6 is 0 Å². The van der Waals surface area contributed by atoms with Crippen LogP contribution in [0.4, 0.5) is 0 Å². The van der Waals surface area contributed by atoms with Crippen molar-refractivity contribution < 1.29 is 9.90 Å². The molecule has 0 aliphatic carbocycles. The van der Waals surface area contributed by atoms with Gasteiger partial charge < -0.3 is 5.11 Å². The van der Waals surface area contributed by atoms with Crippen LogP contribution in [0.3, 0.4) is 0 Å². The van der Waals surface area contributed by atoms with Gasteiger partial charge >= 0.3 is 29.6 Å². The second-order valence-corrected chi connectivity index (χ2v) is 3.24. The molecule has 2 rings (SSSR count). The van der Waals surface area contributed by atoms with E-state index in [4.69, 9.17) is 0 Å². The molecule has 0 amide bonds. The molecule has 72 valence electrons. The van der Waals surface area contributed by atoms with Gasteiger partial charge in [0.25, 0.3) is 0 Å². The summed E-state index contributed by atoms with van der Waals surface area (Å²) in [6.07, 6.45) is 0. The normalized spacial score (nSPS) is 9.67. The molecule has 0 bridgehead atoms. The zero-order valence-corrected chi connectivity index (χ0v) is 7.82. The first-order valence-electron chi connectivity index (χ1n) is 4.42. The predicted octanol–water partition coefficient (Wildman–Crippen LogP) is 2.10. The number of carbonyl (C=O) groups is 1. The zero-order valence-electron chi connectivity index (χ0n) is 7.82. The van der Waals surface area contributed by atoms with Crippen LogP contribution < -0.4 is 0 Å². The maximum absolute atomic E-state index is 11.1. The van der Waals surface area contributed by atoms with E-state index in [2.05, 4.69) is 0 Å². The van der Waals surface area contributed by atoms with Crippen molar-refractivity contribution in [3.63, 3.8) is 0 Å². The van der Waals surface area contributed by atoms with E-state index < -0.39 is 0 Å². The van der Waals surface area contributed by atoms with E-state index in [-0.39, 0.29) is 41.1 Å². The number of aromatic hydroxyl groups is 1. The Balaban J connectivity index is 0.00000112. The average molecular weight is 210 g/mol. The van der Waals surface area contributed by atoms with Gasteiger partial charge in [-0.2, -0.15) is 0 Å². The third kappa shape index (κ3) is 2.23. The van der Waals surface area contributed by atoms with Crippen LogP contribution in [0.5, 0.6) is 5.75 Å². The van der Waals surface area contributed by atoms with Gasteiger partial charge in [0.1, 0.15) is 5.75 Å². The van der Waals surface area contributed by atoms with E-state index in [0.717, 1.165) is 10.8 Å². The first kappa shape index (κ1) is 12.2. The zero-order chi connectivity index (χ0) is 10.1. The Morgan fingerprint density at radius 2 is 1.80 bits per heavy atom. The molecule has 0 spiro atoms. The molecule has 0 aliphatic rings. The number of rotatable bonds is 1. The van der Waals surface area contributed by atoms with Crippen LogP contribution in [0.2, 0.25) is 0 Å². The van der Waals surface area contributed by atoms with Crippen molar-refractivity contribution in [3.8, 4) is 5.75 Å². The summed E-state index contributed by atoms with van der Waals surface area (Å²) >= 11 is 0. The molecule has 0 aliphatic heterocycles. The van der Waals surface area contributed by atoms with Gasteiger partial charge in [-0.25, -0.2) is 0 Å². The second kappa shape index (κ2) is 4.79. The number of Topliss-reactive ketones (excluding diaryl/α,β-unsaturated/α-hetero) is 1. The summed E-state index contributed by atoms with van der Waals surface area (Å²) in [5.41, 5.74) is 0.378. The number of ketones is 1. The van der Waals surface area contributed by atoms with Crippen molar-refractivity contribution in [2.75, 3.05) is 0 Å². The molecule has 0 fully saturated rings. The molecule has 0 heterocycles. The van der Waals surface area contributed by atoms with Crippen molar-refractivity contribution >= 4 is 46.1 Å². The van der Waals surface area contributed by atoms with E-state index >= 15 is 0 Å². The van der Waals surface area contributed by atoms with E-state index in [1.54, 1.807) is 12.1 Å². The SMILES string of the molecule is CC(=O)c1ccc2ccccc2c1O.[NaH]. The fourth-order valence-corrected chi connectivity index (χ4v) is 1.54. The van der Waals surface area contributed by atoms with Crippen molar-refractivity contribution in [1.29, 1.82) is 0 Å². The topological polar surface area (TPSA) is 37.3 Å². The van der Waals surface area contributed by atoms with E-state index in [1.807, 2.05) is 24.3 Å². The molecule has 0 aromatic heterocycles. The first-order valence-corrected chi connectivity index (χ1v) is 4.42. The predicted molar refractivity (Wildman–Crippen MR) is 62.8 cm³/mol. The molecule has 2 aromatic carbocycles. The van der Waals surface area contributed by atoms with Crippen molar-refractivity contribution in [3.05, 3.63) is 42.0 Å². The second-order valence-electron chi connectivity index (χ2n) is 3.24. The molecule has 0 atom stereocenters. The van der Waals surface area contributed by atoms with Crippen LogP contribution in [0, 0.1) is 0 Å². The minimum atomic E-state index is -0.117. The third-order valence-corrected chi connectivity index (χ3v) is 2.28. The molecule has 2 aromatic rings. The summed E-state index contributed by atoms with van der Waals surface area (Å²) in [5.74, 6) is -0.0381. The summed E-state index contributed by atoms with van der Waals surface area (Å²) in [6.45, 7) is 1.45. The quantitative estimate of drug-likeness (QED) is 0.578. The van der Waals surface area contributed by atoms with Crippen molar-refractivity contribution in [2.45, 2.75) is 6.92 Å². The summed E-state index contributed by atoms with van der Waals surface area (Å²) < 4.78 is 0. The monoisotopic (exact) mass is 210 g/mol. The Morgan fingerprint density at radius 3 is 2.47 bits per heavy atom. The number of hydrogen-bond acceptors (Lipinski definition) is 2. The molecular formula is C12H11NaO2. The van der Waals surface area contributed by atoms with E-state index in [1.165, 1.54) is 6.92 Å². The molecule has 0 radical (unpaired) electrons. The third-order valence-electron chi connectivity index (χ3n) is 2.28. The minimum absolute atomic E-state index is 0. The van der Waals surface area contributed by atoms with Gasteiger partial charge in [0.15, 0.2) is 5.78 Å². The molecular weight excluding hydrogens is 199 g/mol. The van der Waals surface area contributed by atoms with Crippen LogP contribution in [-0.4, -0.2) is 40.4 Å². The Hall–Kier alpha value is -0.830. The Bertz CT molecular complexity index is 506. The summed E-state index contributed by atoms with van der Waals surface area (Å²) in [6, 6.07) is 10.9. The van der Waals surface area contributed by atoms with E-state index in [9.17, 15) is 9.90 Å². The number of carbonyl (C=O) groups excluding carboxylic acids is 1. The maximum atomic E-state index is 11.1. The van der Waals surface area contributed by atoms with Gasteiger partial charge in [-0.15, -0.1) is 0 Å². The number of phenols is 1. The fourth-order valence-electron chi connectivity index (χ4n) is 1.54. The van der Waals surface area contributed by atoms with Gasteiger partial charge in [-0.3, -0.25) is 4.79 Å². The van der Waals surface area contributed by atoms with Gasteiger partial charge in [0.2, 0.25) is 0 Å². The van der Waals surface area contributed by atoms with Crippen LogP contribution in [0.15, 0.2) is 36.4 Å². The molecule has 15 heavy (non-hydrogen) atoms. The fraction of sp³-hybridized carbons (Fsp3) is 0.0833. The molecule has 2 nitrogen and oxygen atoms in total. The Morgan fingerprint density at radius 1 is 1.13 bits per heavy atom. The number of phenolic OH excluding ortho intramolecular Hbond substituents is 1. The van der Waals surface area contributed by atoms with Gasteiger partial charge in [-0.05, 0) is 18.4 Å². The van der Waals surface area contributed by atoms with E-state index in [0.29, 0.717) is 5.56 Å². The average Bonchev–Trinajstić information content (AvgIpc) is 2.18. The Kier molecular flexibility index (Phi) is 3.91. The first-order chi connectivity index (χ1) is 6.70. The number of benzene rings is 2. The van der Waals surface area contributed by atoms with Gasteiger partial charge in [-0.1, -0.05) is 30.3 Å².